The van der Waals surface area contributed by atoms with Gasteiger partial charge in [0.05, 0.1) is 0 Å². The van der Waals surface area contributed by atoms with Crippen LogP contribution in [0, 0.1) is 0 Å². The maximum absolute atomic E-state index is 12.1. The zero-order valence-electron chi connectivity index (χ0n) is 11.0. The Morgan fingerprint density at radius 1 is 1.17 bits per heavy atom. The van der Waals surface area contributed by atoms with Crippen LogP contribution < -0.4 is 10.6 Å². The van der Waals surface area contributed by atoms with E-state index in [1.54, 1.807) is 0 Å². The summed E-state index contributed by atoms with van der Waals surface area (Å²) in [5.41, 5.74) is 1.81. The molecule has 3 nitrogen and oxygen atoms in total. The van der Waals surface area contributed by atoms with E-state index in [9.17, 15) is 4.79 Å². The van der Waals surface area contributed by atoms with Gasteiger partial charge in [-0.15, -0.1) is 0 Å². The predicted molar refractivity (Wildman–Crippen MR) is 74.9 cm³/mol. The van der Waals surface area contributed by atoms with Gasteiger partial charge < -0.3 is 10.6 Å². The molecule has 0 radical (unpaired) electrons. The largest absolute Gasteiger partial charge is 0.385 e. The quantitative estimate of drug-likeness (QED) is 0.856. The van der Waals surface area contributed by atoms with Crippen molar-refractivity contribution in [1.29, 1.82) is 0 Å². The van der Waals surface area contributed by atoms with Gasteiger partial charge in [-0.1, -0.05) is 19.3 Å². The molecule has 0 spiro atoms. The lowest BCUT2D eigenvalue weighted by molar-refractivity contribution is 0.0928. The van der Waals surface area contributed by atoms with Gasteiger partial charge in [-0.25, -0.2) is 0 Å². The average Bonchev–Trinajstić information content (AvgIpc) is 2.41. The molecule has 2 N–H and O–H groups in total. The van der Waals surface area contributed by atoms with E-state index in [0.717, 1.165) is 30.6 Å². The van der Waals surface area contributed by atoms with Crippen molar-refractivity contribution < 1.29 is 4.79 Å². The van der Waals surface area contributed by atoms with Gasteiger partial charge in [0, 0.05) is 23.8 Å². The van der Waals surface area contributed by atoms with Gasteiger partial charge in [-0.2, -0.15) is 0 Å². The van der Waals surface area contributed by atoms with E-state index in [0.29, 0.717) is 6.04 Å². The number of hydrogen-bond donors (Lipinski definition) is 2. The summed E-state index contributed by atoms with van der Waals surface area (Å²) in [5.74, 6) is 0.0601. The van der Waals surface area contributed by atoms with Crippen LogP contribution in [0.3, 0.4) is 0 Å². The van der Waals surface area contributed by atoms with Gasteiger partial charge in [0.2, 0.25) is 0 Å². The number of nitrogens with one attached hydrogen (secondary N) is 2. The highest BCUT2D eigenvalue weighted by molar-refractivity contribution is 5.94. The fourth-order valence-corrected chi connectivity index (χ4v) is 2.46. The molecule has 1 aromatic rings. The molecule has 3 heteroatoms. The molecule has 18 heavy (non-hydrogen) atoms. The third-order valence-corrected chi connectivity index (χ3v) is 3.47. The van der Waals surface area contributed by atoms with Gasteiger partial charge in [-0.05, 0) is 44.0 Å². The van der Waals surface area contributed by atoms with Crippen LogP contribution in [-0.2, 0) is 0 Å². The molecule has 0 unspecified atom stereocenters. The first-order valence-corrected chi connectivity index (χ1v) is 6.94. The molecule has 1 aromatic carbocycles. The first-order valence-electron chi connectivity index (χ1n) is 6.94. The smallest absolute Gasteiger partial charge is 0.251 e. The van der Waals surface area contributed by atoms with E-state index in [-0.39, 0.29) is 5.91 Å². The molecule has 0 aromatic heterocycles. The second kappa shape index (κ2) is 6.43. The Labute approximate surface area is 109 Å². The van der Waals surface area contributed by atoms with Crippen molar-refractivity contribution in [1.82, 2.24) is 5.32 Å². The summed E-state index contributed by atoms with van der Waals surface area (Å²) in [7, 11) is 0. The molecule has 0 heterocycles. The highest BCUT2D eigenvalue weighted by Gasteiger charge is 2.16. The number of hydrogen-bond acceptors (Lipinski definition) is 2. The van der Waals surface area contributed by atoms with Crippen molar-refractivity contribution >= 4 is 11.6 Å². The highest BCUT2D eigenvalue weighted by atomic mass is 16.1. The van der Waals surface area contributed by atoms with E-state index in [2.05, 4.69) is 17.6 Å². The third kappa shape index (κ3) is 3.49. The van der Waals surface area contributed by atoms with Crippen molar-refractivity contribution in [3.63, 3.8) is 0 Å². The minimum atomic E-state index is 0.0601. The molecule has 1 fully saturated rings. The number of rotatable bonds is 4. The minimum Gasteiger partial charge on any atom is -0.385 e. The SMILES string of the molecule is CCNc1ccc(C(=O)NC2CCCCC2)cc1. The van der Waals surface area contributed by atoms with E-state index < -0.39 is 0 Å². The Morgan fingerprint density at radius 2 is 1.83 bits per heavy atom. The van der Waals surface area contributed by atoms with E-state index in [1.165, 1.54) is 19.3 Å². The Hall–Kier alpha value is -1.51. The van der Waals surface area contributed by atoms with Gasteiger partial charge in [-0.3, -0.25) is 4.79 Å². The molecule has 1 aliphatic rings. The van der Waals surface area contributed by atoms with Crippen molar-refractivity contribution in [2.24, 2.45) is 0 Å². The predicted octanol–water partition coefficient (Wildman–Crippen LogP) is 3.18. The highest BCUT2D eigenvalue weighted by Crippen LogP contribution is 2.18. The van der Waals surface area contributed by atoms with Crippen molar-refractivity contribution in [2.75, 3.05) is 11.9 Å². The molecule has 1 amide bonds. The van der Waals surface area contributed by atoms with E-state index in [1.807, 2.05) is 24.3 Å². The van der Waals surface area contributed by atoms with Crippen LogP contribution in [0.1, 0.15) is 49.4 Å². The van der Waals surface area contributed by atoms with E-state index >= 15 is 0 Å². The Balaban J connectivity index is 1.91. The van der Waals surface area contributed by atoms with Crippen molar-refractivity contribution in [3.05, 3.63) is 29.8 Å². The monoisotopic (exact) mass is 246 g/mol. The number of amides is 1. The molecule has 0 aliphatic heterocycles. The Kier molecular flexibility index (Phi) is 4.62. The number of anilines is 1. The van der Waals surface area contributed by atoms with Crippen LogP contribution in [0.15, 0.2) is 24.3 Å². The summed E-state index contributed by atoms with van der Waals surface area (Å²) in [6, 6.07) is 8.06. The summed E-state index contributed by atoms with van der Waals surface area (Å²) in [6.07, 6.45) is 6.04. The Morgan fingerprint density at radius 3 is 2.44 bits per heavy atom. The van der Waals surface area contributed by atoms with Gasteiger partial charge in [0.1, 0.15) is 0 Å². The molecule has 1 aliphatic carbocycles. The lowest BCUT2D eigenvalue weighted by Gasteiger charge is -2.22. The summed E-state index contributed by atoms with van der Waals surface area (Å²) in [6.45, 7) is 2.96. The third-order valence-electron chi connectivity index (χ3n) is 3.47. The van der Waals surface area contributed by atoms with Crippen LogP contribution in [0.5, 0.6) is 0 Å². The number of benzene rings is 1. The van der Waals surface area contributed by atoms with Crippen molar-refractivity contribution in [3.8, 4) is 0 Å². The normalized spacial score (nSPS) is 16.3. The molecular weight excluding hydrogens is 224 g/mol. The maximum Gasteiger partial charge on any atom is 0.251 e. The fourth-order valence-electron chi connectivity index (χ4n) is 2.46. The van der Waals surface area contributed by atoms with Crippen molar-refractivity contribution in [2.45, 2.75) is 45.1 Å². The van der Waals surface area contributed by atoms with Gasteiger partial charge in [0.25, 0.3) is 5.91 Å². The van der Waals surface area contributed by atoms with E-state index in [4.69, 9.17) is 0 Å². The molecule has 0 atom stereocenters. The van der Waals surface area contributed by atoms with Crippen LogP contribution in [0.4, 0.5) is 5.69 Å². The zero-order valence-corrected chi connectivity index (χ0v) is 11.0. The average molecular weight is 246 g/mol. The second-order valence-electron chi connectivity index (χ2n) is 4.92. The summed E-state index contributed by atoms with van der Waals surface area (Å²) >= 11 is 0. The maximum atomic E-state index is 12.1. The lowest BCUT2D eigenvalue weighted by Crippen LogP contribution is -2.36. The zero-order chi connectivity index (χ0) is 12.8. The first kappa shape index (κ1) is 12.9. The van der Waals surface area contributed by atoms with Gasteiger partial charge >= 0.3 is 0 Å². The molecular formula is C15H22N2O. The fraction of sp³-hybridized carbons (Fsp3) is 0.533. The number of carbonyl (C=O) groups is 1. The summed E-state index contributed by atoms with van der Waals surface area (Å²) in [4.78, 5) is 12.1. The van der Waals surface area contributed by atoms with Crippen LogP contribution in [-0.4, -0.2) is 18.5 Å². The van der Waals surface area contributed by atoms with Gasteiger partial charge in [0.15, 0.2) is 0 Å². The summed E-state index contributed by atoms with van der Waals surface area (Å²) < 4.78 is 0. The first-order chi connectivity index (χ1) is 8.79. The second-order valence-corrected chi connectivity index (χ2v) is 4.92. The lowest BCUT2D eigenvalue weighted by atomic mass is 9.95. The Bertz CT molecular complexity index is 380. The standard InChI is InChI=1S/C15H22N2O/c1-2-16-13-10-8-12(9-11-13)15(18)17-14-6-4-3-5-7-14/h8-11,14,16H,2-7H2,1H3,(H,17,18). The molecule has 98 valence electrons. The summed E-state index contributed by atoms with van der Waals surface area (Å²) in [5, 5.41) is 6.35. The minimum absolute atomic E-state index is 0.0601. The topological polar surface area (TPSA) is 41.1 Å². The van der Waals surface area contributed by atoms with Crippen LogP contribution in [0.25, 0.3) is 0 Å². The molecule has 1 saturated carbocycles. The van der Waals surface area contributed by atoms with Crippen LogP contribution in [0.2, 0.25) is 0 Å². The van der Waals surface area contributed by atoms with Crippen LogP contribution >= 0.6 is 0 Å². The molecule has 0 bridgehead atoms. The molecule has 0 saturated heterocycles. The number of carbonyl (C=O) groups excluding carboxylic acids is 1. The molecule has 2 rings (SSSR count).